The zero-order valence-electron chi connectivity index (χ0n) is 11.3. The lowest BCUT2D eigenvalue weighted by atomic mass is 10.1. The van der Waals surface area contributed by atoms with Gasteiger partial charge in [-0.05, 0) is 24.3 Å². The topological polar surface area (TPSA) is 62.3 Å². The van der Waals surface area contributed by atoms with Crippen molar-refractivity contribution < 1.29 is 18.6 Å². The summed E-state index contributed by atoms with van der Waals surface area (Å²) in [6.07, 6.45) is 0. The van der Waals surface area contributed by atoms with Gasteiger partial charge < -0.3 is 14.8 Å². The molecule has 0 aliphatic rings. The standard InChI is InChI=1S/C16H11F2NO3/c17-10-3-1-2-9(6-10)12-7-13(21)15-11(19-12)4-5-14(16(15)18)22-8-20/h1-7,20H,8H2,(H,19,21). The number of rotatable bonds is 3. The average molecular weight is 303 g/mol. The summed E-state index contributed by atoms with van der Waals surface area (Å²) in [5.41, 5.74) is 0.561. The number of hydrogen-bond donors (Lipinski definition) is 2. The number of H-pyrrole nitrogens is 1. The largest absolute Gasteiger partial charge is 0.465 e. The van der Waals surface area contributed by atoms with E-state index in [0.717, 1.165) is 0 Å². The maximum atomic E-state index is 14.2. The summed E-state index contributed by atoms with van der Waals surface area (Å²) in [6.45, 7) is -0.693. The van der Waals surface area contributed by atoms with Gasteiger partial charge in [0.25, 0.3) is 0 Å². The molecular weight excluding hydrogens is 292 g/mol. The van der Waals surface area contributed by atoms with Crippen molar-refractivity contribution in [1.29, 1.82) is 0 Å². The molecule has 0 spiro atoms. The van der Waals surface area contributed by atoms with E-state index >= 15 is 0 Å². The predicted molar refractivity (Wildman–Crippen MR) is 77.6 cm³/mol. The summed E-state index contributed by atoms with van der Waals surface area (Å²) in [6, 6.07) is 9.69. The van der Waals surface area contributed by atoms with Crippen molar-refractivity contribution in [3.63, 3.8) is 0 Å². The number of aromatic amines is 1. The summed E-state index contributed by atoms with van der Waals surface area (Å²) in [5.74, 6) is -1.49. The van der Waals surface area contributed by atoms with Crippen molar-refractivity contribution in [2.75, 3.05) is 6.79 Å². The lowest BCUT2D eigenvalue weighted by molar-refractivity contribution is 0.0948. The monoisotopic (exact) mass is 303 g/mol. The maximum Gasteiger partial charge on any atom is 0.193 e. The first-order chi connectivity index (χ1) is 10.6. The Labute approximate surface area is 123 Å². The van der Waals surface area contributed by atoms with Crippen LogP contribution in [0.15, 0.2) is 47.3 Å². The van der Waals surface area contributed by atoms with Crippen LogP contribution in [0.3, 0.4) is 0 Å². The first kappa shape index (κ1) is 14.2. The second-order valence-corrected chi connectivity index (χ2v) is 4.63. The lowest BCUT2D eigenvalue weighted by Gasteiger charge is -2.08. The molecule has 22 heavy (non-hydrogen) atoms. The molecule has 0 aliphatic heterocycles. The third-order valence-electron chi connectivity index (χ3n) is 3.25. The van der Waals surface area contributed by atoms with Crippen molar-refractivity contribution in [3.05, 3.63) is 64.3 Å². The summed E-state index contributed by atoms with van der Waals surface area (Å²) in [5, 5.41) is 8.52. The van der Waals surface area contributed by atoms with Crippen molar-refractivity contribution in [2.24, 2.45) is 0 Å². The fourth-order valence-electron chi connectivity index (χ4n) is 2.28. The van der Waals surface area contributed by atoms with Crippen molar-refractivity contribution in [1.82, 2.24) is 4.98 Å². The third-order valence-corrected chi connectivity index (χ3v) is 3.25. The van der Waals surface area contributed by atoms with Gasteiger partial charge in [-0.2, -0.15) is 0 Å². The van der Waals surface area contributed by atoms with Crippen LogP contribution in [0.1, 0.15) is 0 Å². The molecule has 1 aromatic heterocycles. The van der Waals surface area contributed by atoms with Crippen LogP contribution in [0.25, 0.3) is 22.2 Å². The Bertz CT molecular complexity index is 906. The second-order valence-electron chi connectivity index (χ2n) is 4.63. The fourth-order valence-corrected chi connectivity index (χ4v) is 2.28. The molecule has 0 atom stereocenters. The highest BCUT2D eigenvalue weighted by Gasteiger charge is 2.13. The second kappa shape index (κ2) is 5.57. The van der Waals surface area contributed by atoms with Crippen LogP contribution >= 0.6 is 0 Å². The Balaban J connectivity index is 2.22. The minimum absolute atomic E-state index is 0.175. The number of benzene rings is 2. The number of ether oxygens (including phenoxy) is 1. The molecule has 0 amide bonds. The Morgan fingerprint density at radius 2 is 1.95 bits per heavy atom. The van der Waals surface area contributed by atoms with Gasteiger partial charge in [-0.1, -0.05) is 12.1 Å². The SMILES string of the molecule is O=c1cc(-c2cccc(F)c2)[nH]c2ccc(OCO)c(F)c12. The van der Waals surface area contributed by atoms with Crippen molar-refractivity contribution in [3.8, 4) is 17.0 Å². The molecule has 0 radical (unpaired) electrons. The van der Waals surface area contributed by atoms with Crippen molar-refractivity contribution >= 4 is 10.9 Å². The molecule has 6 heteroatoms. The predicted octanol–water partition coefficient (Wildman–Crippen LogP) is 2.80. The summed E-state index contributed by atoms with van der Waals surface area (Å²) in [7, 11) is 0. The molecule has 0 aliphatic carbocycles. The van der Waals surface area contributed by atoms with Gasteiger partial charge in [0.15, 0.2) is 23.8 Å². The number of aliphatic hydroxyl groups excluding tert-OH is 1. The van der Waals surface area contributed by atoms with E-state index in [9.17, 15) is 13.6 Å². The van der Waals surface area contributed by atoms with E-state index in [2.05, 4.69) is 4.98 Å². The fraction of sp³-hybridized carbons (Fsp3) is 0.0625. The van der Waals surface area contributed by atoms with Gasteiger partial charge in [-0.15, -0.1) is 0 Å². The van der Waals surface area contributed by atoms with Crippen LogP contribution in [-0.4, -0.2) is 16.9 Å². The number of aliphatic hydroxyl groups is 1. The molecule has 0 saturated heterocycles. The summed E-state index contributed by atoms with van der Waals surface area (Å²) < 4.78 is 32.2. The molecule has 0 unspecified atom stereocenters. The van der Waals surface area contributed by atoms with E-state index in [-0.39, 0.29) is 16.7 Å². The molecule has 3 rings (SSSR count). The van der Waals surface area contributed by atoms with E-state index in [1.165, 1.54) is 36.4 Å². The number of hydrogen-bond acceptors (Lipinski definition) is 3. The highest BCUT2D eigenvalue weighted by molar-refractivity contribution is 5.83. The zero-order valence-corrected chi connectivity index (χ0v) is 11.3. The molecule has 3 aromatic rings. The first-order valence-electron chi connectivity index (χ1n) is 6.45. The van der Waals surface area contributed by atoms with Gasteiger partial charge in [0, 0.05) is 17.3 Å². The van der Waals surface area contributed by atoms with Crippen LogP contribution in [0, 0.1) is 11.6 Å². The zero-order chi connectivity index (χ0) is 15.7. The number of nitrogens with one attached hydrogen (secondary N) is 1. The van der Waals surface area contributed by atoms with Crippen LogP contribution in [-0.2, 0) is 0 Å². The minimum Gasteiger partial charge on any atom is -0.465 e. The number of halogens is 2. The molecular formula is C16H11F2NO3. The Morgan fingerprint density at radius 1 is 1.14 bits per heavy atom. The molecule has 2 N–H and O–H groups in total. The van der Waals surface area contributed by atoms with E-state index in [4.69, 9.17) is 9.84 Å². The van der Waals surface area contributed by atoms with E-state index in [1.807, 2.05) is 0 Å². The molecule has 1 heterocycles. The smallest absolute Gasteiger partial charge is 0.193 e. The van der Waals surface area contributed by atoms with Gasteiger partial charge in [0.05, 0.1) is 10.9 Å². The van der Waals surface area contributed by atoms with Gasteiger partial charge in [0.2, 0.25) is 0 Å². The van der Waals surface area contributed by atoms with E-state index in [0.29, 0.717) is 11.3 Å². The third kappa shape index (κ3) is 2.44. The molecule has 2 aromatic carbocycles. The molecule has 0 saturated carbocycles. The van der Waals surface area contributed by atoms with Gasteiger partial charge >= 0.3 is 0 Å². The summed E-state index contributed by atoms with van der Waals surface area (Å²) >= 11 is 0. The molecule has 0 bridgehead atoms. The van der Waals surface area contributed by atoms with Crippen LogP contribution in [0.4, 0.5) is 8.78 Å². The van der Waals surface area contributed by atoms with Gasteiger partial charge in [-0.25, -0.2) is 8.78 Å². The van der Waals surface area contributed by atoms with Crippen LogP contribution < -0.4 is 10.2 Å². The average Bonchev–Trinajstić information content (AvgIpc) is 2.50. The molecule has 112 valence electrons. The maximum absolute atomic E-state index is 14.2. The molecule has 0 fully saturated rings. The first-order valence-corrected chi connectivity index (χ1v) is 6.45. The Morgan fingerprint density at radius 3 is 2.68 bits per heavy atom. The van der Waals surface area contributed by atoms with Gasteiger partial charge in [-0.3, -0.25) is 4.79 Å². The van der Waals surface area contributed by atoms with Crippen molar-refractivity contribution in [2.45, 2.75) is 0 Å². The van der Waals surface area contributed by atoms with Crippen LogP contribution in [0.5, 0.6) is 5.75 Å². The van der Waals surface area contributed by atoms with Gasteiger partial charge in [0.1, 0.15) is 5.82 Å². The van der Waals surface area contributed by atoms with E-state index < -0.39 is 23.9 Å². The molecule has 4 nitrogen and oxygen atoms in total. The number of aromatic nitrogens is 1. The Hall–Kier alpha value is -2.73. The number of pyridine rings is 1. The highest BCUT2D eigenvalue weighted by atomic mass is 19.1. The summed E-state index contributed by atoms with van der Waals surface area (Å²) in [4.78, 5) is 15.1. The highest BCUT2D eigenvalue weighted by Crippen LogP contribution is 2.25. The Kier molecular flexibility index (Phi) is 3.60. The van der Waals surface area contributed by atoms with Crippen LogP contribution in [0.2, 0.25) is 0 Å². The number of fused-ring (bicyclic) bond motifs is 1. The quantitative estimate of drug-likeness (QED) is 0.731. The normalized spacial score (nSPS) is 10.9. The lowest BCUT2D eigenvalue weighted by Crippen LogP contribution is -2.07. The minimum atomic E-state index is -0.849. The van der Waals surface area contributed by atoms with E-state index in [1.54, 1.807) is 6.07 Å².